The molecule has 1 N–H and O–H groups in total. The van der Waals surface area contributed by atoms with Crippen molar-refractivity contribution in [3.8, 4) is 11.3 Å². The van der Waals surface area contributed by atoms with Gasteiger partial charge in [-0.2, -0.15) is 4.31 Å². The average Bonchev–Trinajstić information content (AvgIpc) is 3.28. The normalized spacial score (nSPS) is 17.0. The number of rotatable bonds is 5. The van der Waals surface area contributed by atoms with Crippen LogP contribution in [0.1, 0.15) is 12.0 Å². The Morgan fingerprint density at radius 2 is 1.75 bits per heavy atom. The zero-order valence-corrected chi connectivity index (χ0v) is 18.6. The molecule has 1 aromatic heterocycles. The van der Waals surface area contributed by atoms with Crippen LogP contribution in [-0.4, -0.2) is 41.8 Å². The molecule has 1 saturated heterocycles. The van der Waals surface area contributed by atoms with Gasteiger partial charge in [-0.15, -0.1) is 0 Å². The second-order valence-electron chi connectivity index (χ2n) is 8.13. The molecule has 0 bridgehead atoms. The molecule has 2 heterocycles. The SMILES string of the molecule is Cc1ccc(S(=O)(=O)N2CC[C@H](Nc3nccc(-c4ccc5ccccc5c4)n3)C2)cc1. The van der Waals surface area contributed by atoms with Gasteiger partial charge in [0.1, 0.15) is 0 Å². The van der Waals surface area contributed by atoms with Gasteiger partial charge in [-0.3, -0.25) is 0 Å². The first kappa shape index (κ1) is 20.6. The van der Waals surface area contributed by atoms with Crippen molar-refractivity contribution in [2.45, 2.75) is 24.3 Å². The van der Waals surface area contributed by atoms with Crippen molar-refractivity contribution in [1.82, 2.24) is 14.3 Å². The molecule has 0 aliphatic carbocycles. The van der Waals surface area contributed by atoms with Gasteiger partial charge in [-0.1, -0.05) is 54.1 Å². The molecule has 1 aliphatic rings. The van der Waals surface area contributed by atoms with E-state index in [1.807, 2.05) is 37.3 Å². The van der Waals surface area contributed by atoms with Crippen LogP contribution in [0.3, 0.4) is 0 Å². The molecule has 0 saturated carbocycles. The van der Waals surface area contributed by atoms with E-state index < -0.39 is 10.0 Å². The highest BCUT2D eigenvalue weighted by atomic mass is 32.2. The fourth-order valence-electron chi connectivity index (χ4n) is 4.04. The lowest BCUT2D eigenvalue weighted by Crippen LogP contribution is -2.32. The molecule has 3 aromatic carbocycles. The minimum absolute atomic E-state index is 0.0397. The number of hydrogen-bond donors (Lipinski definition) is 1. The van der Waals surface area contributed by atoms with E-state index in [-0.39, 0.29) is 6.04 Å². The van der Waals surface area contributed by atoms with E-state index in [1.165, 1.54) is 9.69 Å². The number of hydrogen-bond acceptors (Lipinski definition) is 5. The van der Waals surface area contributed by atoms with Crippen LogP contribution in [0.2, 0.25) is 0 Å². The second-order valence-corrected chi connectivity index (χ2v) is 10.1. The van der Waals surface area contributed by atoms with Crippen molar-refractivity contribution in [3.63, 3.8) is 0 Å². The molecule has 1 atom stereocenters. The molecule has 0 unspecified atom stereocenters. The van der Waals surface area contributed by atoms with Gasteiger partial charge in [0.25, 0.3) is 0 Å². The number of anilines is 1. The van der Waals surface area contributed by atoms with E-state index in [9.17, 15) is 8.42 Å². The molecule has 32 heavy (non-hydrogen) atoms. The molecule has 4 aromatic rings. The van der Waals surface area contributed by atoms with Crippen molar-refractivity contribution in [1.29, 1.82) is 0 Å². The first-order chi connectivity index (χ1) is 15.5. The lowest BCUT2D eigenvalue weighted by atomic mass is 10.1. The molecule has 7 heteroatoms. The summed E-state index contributed by atoms with van der Waals surface area (Å²) in [7, 11) is -3.50. The minimum atomic E-state index is -3.50. The fraction of sp³-hybridized carbons (Fsp3) is 0.200. The van der Waals surface area contributed by atoms with Gasteiger partial charge in [-0.25, -0.2) is 18.4 Å². The van der Waals surface area contributed by atoms with Crippen molar-refractivity contribution in [2.75, 3.05) is 18.4 Å². The maximum Gasteiger partial charge on any atom is 0.243 e. The van der Waals surface area contributed by atoms with E-state index in [0.29, 0.717) is 30.4 Å². The third-order valence-corrected chi connectivity index (χ3v) is 7.72. The van der Waals surface area contributed by atoms with Crippen LogP contribution in [0, 0.1) is 6.92 Å². The van der Waals surface area contributed by atoms with E-state index in [2.05, 4.69) is 45.6 Å². The maximum absolute atomic E-state index is 13.0. The third-order valence-electron chi connectivity index (χ3n) is 5.84. The first-order valence-electron chi connectivity index (χ1n) is 10.6. The summed E-state index contributed by atoms with van der Waals surface area (Å²) in [4.78, 5) is 9.37. The lowest BCUT2D eigenvalue weighted by molar-refractivity contribution is 0.474. The fourth-order valence-corrected chi connectivity index (χ4v) is 5.54. The Bertz CT molecular complexity index is 1370. The van der Waals surface area contributed by atoms with Crippen LogP contribution in [0.4, 0.5) is 5.95 Å². The molecule has 0 spiro atoms. The molecular formula is C25H24N4O2S. The predicted octanol–water partition coefficient (Wildman–Crippen LogP) is 4.48. The van der Waals surface area contributed by atoms with E-state index in [1.54, 1.807) is 18.3 Å². The highest BCUT2D eigenvalue weighted by Crippen LogP contribution is 2.25. The maximum atomic E-state index is 13.0. The molecule has 0 radical (unpaired) electrons. The Hall–Kier alpha value is -3.29. The highest BCUT2D eigenvalue weighted by molar-refractivity contribution is 7.89. The summed E-state index contributed by atoms with van der Waals surface area (Å²) >= 11 is 0. The van der Waals surface area contributed by atoms with E-state index >= 15 is 0 Å². The molecule has 0 amide bonds. The smallest absolute Gasteiger partial charge is 0.243 e. The topological polar surface area (TPSA) is 75.2 Å². The summed E-state index contributed by atoms with van der Waals surface area (Å²) < 4.78 is 27.4. The summed E-state index contributed by atoms with van der Waals surface area (Å²) in [6, 6.07) is 23.3. The zero-order valence-electron chi connectivity index (χ0n) is 17.8. The van der Waals surface area contributed by atoms with Crippen LogP contribution in [0.5, 0.6) is 0 Å². The Kier molecular flexibility index (Phi) is 5.36. The van der Waals surface area contributed by atoms with E-state index in [0.717, 1.165) is 22.2 Å². The largest absolute Gasteiger partial charge is 0.350 e. The average molecular weight is 445 g/mol. The lowest BCUT2D eigenvalue weighted by Gasteiger charge is -2.17. The number of aromatic nitrogens is 2. The van der Waals surface area contributed by atoms with Crippen LogP contribution in [0.25, 0.3) is 22.0 Å². The number of sulfonamides is 1. The summed E-state index contributed by atoms with van der Waals surface area (Å²) in [5.74, 6) is 0.509. The summed E-state index contributed by atoms with van der Waals surface area (Å²) in [5, 5.41) is 5.67. The van der Waals surface area contributed by atoms with Gasteiger partial charge in [0.15, 0.2) is 0 Å². The number of benzene rings is 3. The van der Waals surface area contributed by atoms with Crippen LogP contribution in [0.15, 0.2) is 83.9 Å². The number of nitrogens with one attached hydrogen (secondary N) is 1. The second kappa shape index (κ2) is 8.33. The zero-order chi connectivity index (χ0) is 22.1. The molecule has 6 nitrogen and oxygen atoms in total. The monoisotopic (exact) mass is 444 g/mol. The Morgan fingerprint density at radius 1 is 0.969 bits per heavy atom. The number of aryl methyl sites for hydroxylation is 1. The summed E-state index contributed by atoms with van der Waals surface area (Å²) in [5.41, 5.74) is 2.88. The molecule has 1 aliphatic heterocycles. The molecule has 5 rings (SSSR count). The summed E-state index contributed by atoms with van der Waals surface area (Å²) in [6.07, 6.45) is 2.43. The van der Waals surface area contributed by atoms with Crippen LogP contribution in [-0.2, 0) is 10.0 Å². The first-order valence-corrected chi connectivity index (χ1v) is 12.1. The molecular weight excluding hydrogens is 420 g/mol. The quantitative estimate of drug-likeness (QED) is 0.491. The van der Waals surface area contributed by atoms with Crippen molar-refractivity contribution >= 4 is 26.7 Å². The Labute approximate surface area is 188 Å². The predicted molar refractivity (Wildman–Crippen MR) is 127 cm³/mol. The highest BCUT2D eigenvalue weighted by Gasteiger charge is 2.32. The van der Waals surface area contributed by atoms with Gasteiger partial charge < -0.3 is 5.32 Å². The van der Waals surface area contributed by atoms with Gasteiger partial charge >= 0.3 is 0 Å². The third kappa shape index (κ3) is 4.09. The number of nitrogens with zero attached hydrogens (tertiary/aromatic N) is 3. The van der Waals surface area contributed by atoms with Crippen molar-refractivity contribution < 1.29 is 8.42 Å². The standard InChI is InChI=1S/C25H24N4O2S/c1-18-6-10-23(11-7-18)32(30,31)29-15-13-22(17-29)27-25-26-14-12-24(28-25)21-9-8-19-4-2-3-5-20(19)16-21/h2-12,14,16,22H,13,15,17H2,1H3,(H,26,27,28)/t22-/m0/s1. The summed E-state index contributed by atoms with van der Waals surface area (Å²) in [6.45, 7) is 2.80. The van der Waals surface area contributed by atoms with E-state index in [4.69, 9.17) is 0 Å². The Morgan fingerprint density at radius 3 is 2.56 bits per heavy atom. The van der Waals surface area contributed by atoms with Gasteiger partial charge in [0.2, 0.25) is 16.0 Å². The molecule has 1 fully saturated rings. The van der Waals surface area contributed by atoms with Crippen molar-refractivity contribution in [2.24, 2.45) is 0 Å². The number of fused-ring (bicyclic) bond motifs is 1. The van der Waals surface area contributed by atoms with Crippen LogP contribution >= 0.6 is 0 Å². The Balaban J connectivity index is 1.31. The van der Waals surface area contributed by atoms with Crippen LogP contribution < -0.4 is 5.32 Å². The minimum Gasteiger partial charge on any atom is -0.350 e. The molecule has 162 valence electrons. The van der Waals surface area contributed by atoms with Crippen molar-refractivity contribution in [3.05, 3.63) is 84.6 Å². The van der Waals surface area contributed by atoms with Gasteiger partial charge in [0, 0.05) is 30.9 Å². The van der Waals surface area contributed by atoms with Gasteiger partial charge in [0.05, 0.1) is 10.6 Å². The van der Waals surface area contributed by atoms with Gasteiger partial charge in [-0.05, 0) is 48.4 Å².